The Labute approximate surface area is 850 Å². The average Bonchev–Trinajstić information content (AvgIpc) is 0.753. The van der Waals surface area contributed by atoms with Crippen LogP contribution in [0.3, 0.4) is 0 Å². The van der Waals surface area contributed by atoms with Crippen LogP contribution in [0, 0.1) is 0 Å². The molecule has 4 aromatic heterocycles. The highest BCUT2D eigenvalue weighted by atomic mass is 15.1. The summed E-state index contributed by atoms with van der Waals surface area (Å²) < 4.78 is 0. The molecule has 0 aliphatic carbocycles. The Kier molecular flexibility index (Phi) is 21.0. The number of aromatic nitrogens is 12. The molecule has 686 valence electrons. The van der Waals surface area contributed by atoms with Crippen LogP contribution in [0.4, 0.5) is 0 Å². The zero-order valence-corrected chi connectivity index (χ0v) is 79.7. The topological polar surface area (TPSA) is 155 Å². The summed E-state index contributed by atoms with van der Waals surface area (Å²) in [5.41, 5.74) is 15.4. The van der Waals surface area contributed by atoms with E-state index < -0.39 is 0 Å². The van der Waals surface area contributed by atoms with Gasteiger partial charge in [-0.25, -0.2) is 59.8 Å². The molecule has 0 amide bonds. The van der Waals surface area contributed by atoms with Crippen LogP contribution in [0.25, 0.3) is 299 Å². The molecule has 29 rings (SSSR count). The molecule has 0 bridgehead atoms. The molecular formula is C136H82N12. The lowest BCUT2D eigenvalue weighted by Gasteiger charge is -2.15. The van der Waals surface area contributed by atoms with E-state index in [1.54, 1.807) is 0 Å². The summed E-state index contributed by atoms with van der Waals surface area (Å²) in [5.74, 6) is 5.44. The van der Waals surface area contributed by atoms with Crippen LogP contribution < -0.4 is 0 Å². The van der Waals surface area contributed by atoms with E-state index in [2.05, 4.69) is 455 Å². The molecule has 0 atom stereocenters. The van der Waals surface area contributed by atoms with E-state index >= 15 is 0 Å². The number of benzene rings is 25. The van der Waals surface area contributed by atoms with E-state index in [-0.39, 0.29) is 0 Å². The summed E-state index contributed by atoms with van der Waals surface area (Å²) in [4.78, 5) is 63.3. The molecule has 29 aromatic rings. The summed E-state index contributed by atoms with van der Waals surface area (Å²) in [5, 5.41) is 30.0. The molecule has 4 heterocycles. The largest absolute Gasteiger partial charge is 0.208 e. The third kappa shape index (κ3) is 16.2. The van der Waals surface area contributed by atoms with Crippen molar-refractivity contribution in [3.63, 3.8) is 0 Å². The number of rotatable bonds is 14. The highest BCUT2D eigenvalue weighted by molar-refractivity contribution is 6.12. The SMILES string of the molecule is c1ccc(-c2nc(-c3cc(-c4cccc5cc6ccccc6cc45)cc(-c4cccc5cc6ccccc6cc45)c3)nc(-c3nc(-c4ccc5ccccc5c4)nc(-c4ccc5ccccc5c4)n3)n2)cc1.c1ccc2cc(-c3nc(-c4cc(-c5cccc6cc7ccccc7cc56)cc(-c5cccc6cc7ccccc7cc56)c4)nc(-c4nc(-c5ccc6ccccc6c5)nc(-c5ccc6ccccc6c5)n4)n3)ccc2c1. The Hall–Kier alpha value is -20.1. The van der Waals surface area contributed by atoms with Gasteiger partial charge < -0.3 is 0 Å². The molecule has 0 unspecified atom stereocenters. The van der Waals surface area contributed by atoms with E-state index in [0.717, 1.165) is 164 Å². The van der Waals surface area contributed by atoms with Crippen molar-refractivity contribution in [2.75, 3.05) is 0 Å². The van der Waals surface area contributed by atoms with Crippen molar-refractivity contribution in [2.24, 2.45) is 0 Å². The average molecular weight is 1880 g/mol. The molecule has 0 aliphatic heterocycles. The van der Waals surface area contributed by atoms with E-state index in [4.69, 9.17) is 59.8 Å². The predicted molar refractivity (Wildman–Crippen MR) is 610 cm³/mol. The Morgan fingerprint density at radius 3 is 0.466 bits per heavy atom. The van der Waals surface area contributed by atoms with Crippen molar-refractivity contribution in [1.82, 2.24) is 59.8 Å². The summed E-state index contributed by atoms with van der Waals surface area (Å²) in [6.07, 6.45) is 0. The van der Waals surface area contributed by atoms with Gasteiger partial charge in [0.25, 0.3) is 0 Å². The number of hydrogen-bond donors (Lipinski definition) is 0. The first kappa shape index (κ1) is 85.9. The lowest BCUT2D eigenvalue weighted by Crippen LogP contribution is -2.06. The second kappa shape index (κ2) is 36.2. The molecule has 0 fully saturated rings. The Balaban J connectivity index is 0.000000143. The smallest absolute Gasteiger partial charge is 0.202 e. The van der Waals surface area contributed by atoms with Crippen molar-refractivity contribution in [1.29, 1.82) is 0 Å². The van der Waals surface area contributed by atoms with Crippen LogP contribution in [-0.4, -0.2) is 59.8 Å². The van der Waals surface area contributed by atoms with E-state index in [1.807, 2.05) is 42.5 Å². The van der Waals surface area contributed by atoms with Gasteiger partial charge in [-0.15, -0.1) is 0 Å². The minimum atomic E-state index is 0.333. The van der Waals surface area contributed by atoms with Gasteiger partial charge >= 0.3 is 0 Å². The molecule has 0 saturated carbocycles. The van der Waals surface area contributed by atoms with Crippen LogP contribution in [0.2, 0.25) is 0 Å². The van der Waals surface area contributed by atoms with Crippen LogP contribution in [0.5, 0.6) is 0 Å². The number of fused-ring (bicyclic) bond motifs is 13. The quantitative estimate of drug-likeness (QED) is 0.0952. The lowest BCUT2D eigenvalue weighted by molar-refractivity contribution is 1.00. The standard InChI is InChI=1S/C70H42N6.C66H40N6/c1-4-16-46-35-55(30-27-43(46)13-1)65-71-66(56-31-28-44-14-2-5-17-47(44)36-56)74-69(73-65)70-75-67(57-32-29-45-15-3-6-18-48(45)37-57)72-68(76-70)60-39-58(61-25-11-23-53-33-49-19-7-9-21-51(49)41-63(53)61)38-59(40-60)62-26-12-24-54-34-50-20-8-10-22-52(50)42-64(54)62;1-2-16-43(17-3-1)61-67-64(72-65(69-61)66-70-62(52-30-28-41-14-4-6-18-44(41)34-52)68-63(71-66)53-31-29-42-15-5-7-19-45(42)35-53)56-37-54(57-26-12-24-50-32-46-20-8-10-22-48(46)39-59(50)57)36-55(38-56)58-27-13-25-51-33-47-21-9-11-23-49(47)40-60(51)58/h1-42H;1-40H. The van der Waals surface area contributed by atoms with Crippen LogP contribution in [0.1, 0.15) is 0 Å². The minimum absolute atomic E-state index is 0.333. The first-order chi connectivity index (χ1) is 73.2. The van der Waals surface area contributed by atoms with Crippen molar-refractivity contribution in [3.8, 4) is 159 Å². The molecule has 0 aliphatic rings. The van der Waals surface area contributed by atoms with Crippen molar-refractivity contribution in [2.45, 2.75) is 0 Å². The highest BCUT2D eigenvalue weighted by Crippen LogP contribution is 2.45. The van der Waals surface area contributed by atoms with Crippen LogP contribution in [-0.2, 0) is 0 Å². The summed E-state index contributed by atoms with van der Waals surface area (Å²) in [6, 6.07) is 176. The molecule has 148 heavy (non-hydrogen) atoms. The van der Waals surface area contributed by atoms with Gasteiger partial charge in [-0.2, -0.15) is 0 Å². The molecule has 12 nitrogen and oxygen atoms in total. The molecule has 0 radical (unpaired) electrons. The zero-order valence-electron chi connectivity index (χ0n) is 79.7. The summed E-state index contributed by atoms with van der Waals surface area (Å²) >= 11 is 0. The lowest BCUT2D eigenvalue weighted by atomic mass is 9.90. The third-order valence-electron chi connectivity index (χ3n) is 28.6. The van der Waals surface area contributed by atoms with Gasteiger partial charge in [0.1, 0.15) is 0 Å². The molecule has 0 spiro atoms. The summed E-state index contributed by atoms with van der Waals surface area (Å²) in [7, 11) is 0. The molecular weight excluding hydrogens is 1800 g/mol. The Bertz CT molecular complexity index is 10000. The van der Waals surface area contributed by atoms with Gasteiger partial charge in [-0.3, -0.25) is 0 Å². The van der Waals surface area contributed by atoms with E-state index in [1.165, 1.54) is 64.6 Å². The maximum Gasteiger partial charge on any atom is 0.202 e. The fourth-order valence-corrected chi connectivity index (χ4v) is 21.2. The fraction of sp³-hybridized carbons (Fsp3) is 0. The van der Waals surface area contributed by atoms with Crippen molar-refractivity contribution < 1.29 is 0 Å². The molecule has 12 heteroatoms. The van der Waals surface area contributed by atoms with Gasteiger partial charge in [0.05, 0.1) is 0 Å². The number of nitrogens with zero attached hydrogens (tertiary/aromatic N) is 12. The Morgan fingerprint density at radius 1 is 0.0811 bits per heavy atom. The normalized spacial score (nSPS) is 11.6. The fourth-order valence-electron chi connectivity index (χ4n) is 21.2. The first-order valence-corrected chi connectivity index (χ1v) is 49.7. The second-order valence-corrected chi connectivity index (χ2v) is 37.9. The maximum atomic E-state index is 5.43. The molecule has 0 N–H and O–H groups in total. The first-order valence-electron chi connectivity index (χ1n) is 49.7. The van der Waals surface area contributed by atoms with Gasteiger partial charge in [0.15, 0.2) is 46.6 Å². The van der Waals surface area contributed by atoms with Gasteiger partial charge in [0, 0.05) is 44.5 Å². The predicted octanol–water partition coefficient (Wildman–Crippen LogP) is 34.4. The van der Waals surface area contributed by atoms with Crippen LogP contribution >= 0.6 is 0 Å². The zero-order chi connectivity index (χ0) is 97.6. The summed E-state index contributed by atoms with van der Waals surface area (Å²) in [6.45, 7) is 0. The highest BCUT2D eigenvalue weighted by Gasteiger charge is 2.26. The maximum absolute atomic E-state index is 5.43. The Morgan fingerprint density at radius 2 is 0.243 bits per heavy atom. The van der Waals surface area contributed by atoms with Crippen molar-refractivity contribution >= 4 is 140 Å². The van der Waals surface area contributed by atoms with E-state index in [9.17, 15) is 0 Å². The second-order valence-electron chi connectivity index (χ2n) is 37.9. The third-order valence-corrected chi connectivity index (χ3v) is 28.6. The van der Waals surface area contributed by atoms with Crippen LogP contribution in [0.15, 0.2) is 497 Å². The van der Waals surface area contributed by atoms with E-state index in [0.29, 0.717) is 69.9 Å². The molecule has 25 aromatic carbocycles. The minimum Gasteiger partial charge on any atom is -0.208 e. The monoisotopic (exact) mass is 1880 g/mol. The number of hydrogen-bond acceptors (Lipinski definition) is 12. The van der Waals surface area contributed by atoms with Gasteiger partial charge in [-0.05, 0) is 300 Å². The van der Waals surface area contributed by atoms with Crippen molar-refractivity contribution in [3.05, 3.63) is 497 Å². The van der Waals surface area contributed by atoms with Gasteiger partial charge in [0.2, 0.25) is 23.3 Å². The van der Waals surface area contributed by atoms with Gasteiger partial charge in [-0.1, -0.05) is 382 Å². The molecule has 0 saturated heterocycles.